The van der Waals surface area contributed by atoms with Crippen molar-refractivity contribution in [2.24, 2.45) is 5.92 Å². The first-order valence-electron chi connectivity index (χ1n) is 15.8. The van der Waals surface area contributed by atoms with E-state index in [0.29, 0.717) is 64.0 Å². The maximum absolute atomic E-state index is 13.9. The molecule has 1 aromatic carbocycles. The summed E-state index contributed by atoms with van der Waals surface area (Å²) < 4.78 is 16.3. The molecule has 44 heavy (non-hydrogen) atoms. The molecule has 0 bridgehead atoms. The number of rotatable bonds is 14. The highest BCUT2D eigenvalue weighted by Gasteiger charge is 2.42. The van der Waals surface area contributed by atoms with E-state index in [1.54, 1.807) is 23.3 Å². The van der Waals surface area contributed by atoms with Gasteiger partial charge in [-0.1, -0.05) is 43.7 Å². The monoisotopic (exact) mass is 628 g/mol. The fourth-order valence-corrected chi connectivity index (χ4v) is 6.66. The number of aromatic nitrogens is 1. The van der Waals surface area contributed by atoms with Crippen LogP contribution in [0.1, 0.15) is 81.1 Å². The molecule has 2 fully saturated rings. The molecule has 4 rings (SSSR count). The number of nitrogens with zero attached hydrogens (tertiary/aromatic N) is 3. The van der Waals surface area contributed by atoms with Gasteiger partial charge >= 0.3 is 12.1 Å². The second kappa shape index (κ2) is 15.8. The average molecular weight is 629 g/mol. The first-order chi connectivity index (χ1) is 21.1. The third kappa shape index (κ3) is 10.0. The number of nitrogens with one attached hydrogen (secondary N) is 1. The molecule has 1 aliphatic heterocycles. The van der Waals surface area contributed by atoms with Crippen molar-refractivity contribution in [3.8, 4) is 10.6 Å². The molecular weight excluding hydrogens is 580 g/mol. The number of ether oxygens (including phenoxy) is 3. The minimum Gasteiger partial charge on any atom is -0.460 e. The zero-order valence-electron chi connectivity index (χ0n) is 26.8. The number of carbonyl (C=O) groups is 3. The van der Waals surface area contributed by atoms with Gasteiger partial charge < -0.3 is 24.4 Å². The number of thiazole rings is 1. The van der Waals surface area contributed by atoms with Crippen molar-refractivity contribution >= 4 is 29.3 Å². The SMILES string of the molecule is CCCCOC(=O)N1CCN(C[C@H](CCC(=O)OC(C)(C)C)NC(=O)c2nc(-c3ccccc3)sc2[C@H]2C[C@@H]2COC)CC1. The summed E-state index contributed by atoms with van der Waals surface area (Å²) in [6.45, 7) is 11.7. The van der Waals surface area contributed by atoms with Gasteiger partial charge in [0.25, 0.3) is 5.91 Å². The minimum absolute atomic E-state index is 0.184. The standard InChI is InChI=1S/C33H48N4O6S/c1-6-7-19-42-32(40)37-17-15-36(16-18-37)21-25(13-14-27(38)43-33(2,3)4)34-30(39)28-29(26-20-24(26)22-41-5)44-31(35-28)23-11-9-8-10-12-23/h8-12,24-26H,6-7,13-22H2,1-5H3,(H,34,39)/t24-,25+,26+/m1/s1. The smallest absolute Gasteiger partial charge is 0.409 e. The summed E-state index contributed by atoms with van der Waals surface area (Å²) in [4.78, 5) is 48.7. The van der Waals surface area contributed by atoms with E-state index in [1.165, 1.54) is 0 Å². The summed E-state index contributed by atoms with van der Waals surface area (Å²) in [5.74, 6) is 0.103. The van der Waals surface area contributed by atoms with E-state index in [0.717, 1.165) is 34.7 Å². The summed E-state index contributed by atoms with van der Waals surface area (Å²) in [6, 6.07) is 9.61. The van der Waals surface area contributed by atoms with E-state index >= 15 is 0 Å². The van der Waals surface area contributed by atoms with Crippen LogP contribution in [0, 0.1) is 5.92 Å². The molecule has 11 heteroatoms. The van der Waals surface area contributed by atoms with Crippen LogP contribution in [-0.2, 0) is 19.0 Å². The summed E-state index contributed by atoms with van der Waals surface area (Å²) in [5, 5.41) is 4.04. The second-order valence-corrected chi connectivity index (χ2v) is 13.7. The Labute approximate surface area is 265 Å². The van der Waals surface area contributed by atoms with Crippen LogP contribution in [0.25, 0.3) is 10.6 Å². The number of hydrogen-bond donors (Lipinski definition) is 1. The second-order valence-electron chi connectivity index (χ2n) is 12.7. The molecule has 2 amide bonds. The number of hydrogen-bond acceptors (Lipinski definition) is 9. The molecule has 1 N–H and O–H groups in total. The fraction of sp³-hybridized carbons (Fsp3) is 0.636. The molecule has 3 atom stereocenters. The Morgan fingerprint density at radius 2 is 1.84 bits per heavy atom. The van der Waals surface area contributed by atoms with Crippen LogP contribution in [-0.4, -0.2) is 97.4 Å². The summed E-state index contributed by atoms with van der Waals surface area (Å²) in [5.41, 5.74) is 0.859. The van der Waals surface area contributed by atoms with E-state index < -0.39 is 5.60 Å². The van der Waals surface area contributed by atoms with Crippen molar-refractivity contribution in [2.75, 3.05) is 53.0 Å². The number of unbranched alkanes of at least 4 members (excludes halogenated alkanes) is 1. The van der Waals surface area contributed by atoms with Gasteiger partial charge in [0.15, 0.2) is 0 Å². The van der Waals surface area contributed by atoms with Gasteiger partial charge in [0.1, 0.15) is 16.3 Å². The number of benzene rings is 1. The van der Waals surface area contributed by atoms with Crippen molar-refractivity contribution in [3.05, 3.63) is 40.9 Å². The van der Waals surface area contributed by atoms with E-state index in [4.69, 9.17) is 19.2 Å². The van der Waals surface area contributed by atoms with Crippen LogP contribution in [0.2, 0.25) is 0 Å². The Hall–Kier alpha value is -3.02. The van der Waals surface area contributed by atoms with E-state index in [2.05, 4.69) is 17.1 Å². The summed E-state index contributed by atoms with van der Waals surface area (Å²) in [6.07, 6.45) is 3.14. The van der Waals surface area contributed by atoms with Crippen LogP contribution >= 0.6 is 11.3 Å². The predicted molar refractivity (Wildman–Crippen MR) is 171 cm³/mol. The topological polar surface area (TPSA) is 110 Å². The van der Waals surface area contributed by atoms with Gasteiger partial charge in [-0.2, -0.15) is 0 Å². The van der Waals surface area contributed by atoms with Gasteiger partial charge in [-0.3, -0.25) is 14.5 Å². The van der Waals surface area contributed by atoms with Crippen molar-refractivity contribution in [1.82, 2.24) is 20.1 Å². The highest BCUT2D eigenvalue weighted by Crippen LogP contribution is 2.51. The molecule has 242 valence electrons. The largest absolute Gasteiger partial charge is 0.460 e. The molecule has 10 nitrogen and oxygen atoms in total. The van der Waals surface area contributed by atoms with Crippen LogP contribution in [0.15, 0.2) is 30.3 Å². The quantitative estimate of drug-likeness (QED) is 0.221. The third-order valence-electron chi connectivity index (χ3n) is 7.81. The lowest BCUT2D eigenvalue weighted by atomic mass is 10.1. The Balaban J connectivity index is 1.46. The molecule has 0 unspecified atom stereocenters. The van der Waals surface area contributed by atoms with Gasteiger partial charge in [-0.15, -0.1) is 11.3 Å². The lowest BCUT2D eigenvalue weighted by Gasteiger charge is -2.36. The number of amides is 2. The van der Waals surface area contributed by atoms with Gasteiger partial charge in [0.05, 0.1) is 6.61 Å². The van der Waals surface area contributed by atoms with Crippen LogP contribution in [0.3, 0.4) is 0 Å². The zero-order valence-corrected chi connectivity index (χ0v) is 27.6. The maximum Gasteiger partial charge on any atom is 0.409 e. The molecule has 2 heterocycles. The van der Waals surface area contributed by atoms with Crippen molar-refractivity contribution in [3.63, 3.8) is 0 Å². The third-order valence-corrected chi connectivity index (χ3v) is 9.05. The lowest BCUT2D eigenvalue weighted by molar-refractivity contribution is -0.155. The Kier molecular flexibility index (Phi) is 12.2. The number of piperazine rings is 1. The molecule has 2 aromatic rings. The zero-order chi connectivity index (χ0) is 31.7. The molecule has 0 spiro atoms. The molecule has 2 aliphatic rings. The van der Waals surface area contributed by atoms with Crippen LogP contribution < -0.4 is 5.32 Å². The highest BCUT2D eigenvalue weighted by atomic mass is 32.1. The van der Waals surface area contributed by atoms with Crippen molar-refractivity contribution in [1.29, 1.82) is 0 Å². The normalized spacial score (nSPS) is 19.3. The minimum atomic E-state index is -0.579. The van der Waals surface area contributed by atoms with Gasteiger partial charge in [-0.05, 0) is 46.0 Å². The summed E-state index contributed by atoms with van der Waals surface area (Å²) >= 11 is 1.58. The molecule has 1 aliphatic carbocycles. The van der Waals surface area contributed by atoms with Crippen LogP contribution in [0.5, 0.6) is 0 Å². The molecule has 1 saturated carbocycles. The fourth-order valence-electron chi connectivity index (χ4n) is 5.38. The Morgan fingerprint density at radius 3 is 2.50 bits per heavy atom. The maximum atomic E-state index is 13.9. The first-order valence-corrected chi connectivity index (χ1v) is 16.6. The van der Waals surface area contributed by atoms with E-state index in [1.807, 2.05) is 51.1 Å². The number of methoxy groups -OCH3 is 1. The average Bonchev–Trinajstić information content (AvgIpc) is 3.61. The van der Waals surface area contributed by atoms with E-state index in [9.17, 15) is 14.4 Å². The highest BCUT2D eigenvalue weighted by molar-refractivity contribution is 7.15. The van der Waals surface area contributed by atoms with Crippen molar-refractivity contribution in [2.45, 2.75) is 77.4 Å². The van der Waals surface area contributed by atoms with Gasteiger partial charge in [0, 0.05) is 75.3 Å². The van der Waals surface area contributed by atoms with E-state index in [-0.39, 0.29) is 36.4 Å². The van der Waals surface area contributed by atoms with Gasteiger partial charge in [-0.25, -0.2) is 9.78 Å². The van der Waals surface area contributed by atoms with Crippen molar-refractivity contribution < 1.29 is 28.6 Å². The molecule has 1 aromatic heterocycles. The van der Waals surface area contributed by atoms with Crippen LogP contribution in [0.4, 0.5) is 4.79 Å². The number of esters is 1. The predicted octanol–water partition coefficient (Wildman–Crippen LogP) is 5.33. The Bertz CT molecular complexity index is 1240. The number of carbonyl (C=O) groups excluding carboxylic acids is 3. The molecule has 0 radical (unpaired) electrons. The van der Waals surface area contributed by atoms with Gasteiger partial charge in [0.2, 0.25) is 0 Å². The first kappa shape index (κ1) is 33.9. The lowest BCUT2D eigenvalue weighted by Crippen LogP contribution is -2.53. The Morgan fingerprint density at radius 1 is 1.11 bits per heavy atom. The molecular formula is C33H48N4O6S. The molecule has 1 saturated heterocycles. The summed E-state index contributed by atoms with van der Waals surface area (Å²) in [7, 11) is 1.70.